The number of hydrogen-bond donors (Lipinski definition) is 2. The summed E-state index contributed by atoms with van der Waals surface area (Å²) >= 11 is 6.01. The first-order valence-corrected chi connectivity index (χ1v) is 11.6. The summed E-state index contributed by atoms with van der Waals surface area (Å²) in [4.78, 5) is 12.6. The van der Waals surface area contributed by atoms with Crippen LogP contribution < -0.4 is 16.0 Å². The summed E-state index contributed by atoms with van der Waals surface area (Å²) in [5, 5.41) is 4.19. The highest BCUT2D eigenvalue weighted by atomic mass is 35.5. The van der Waals surface area contributed by atoms with Gasteiger partial charge in [0.05, 0.1) is 16.5 Å². The normalized spacial score (nSPS) is 26.9. The molecule has 5 rings (SSSR count). The Kier molecular flexibility index (Phi) is 4.77. The van der Waals surface area contributed by atoms with Crippen LogP contribution >= 0.6 is 11.6 Å². The van der Waals surface area contributed by atoms with Gasteiger partial charge in [-0.3, -0.25) is 4.21 Å². The van der Waals surface area contributed by atoms with Gasteiger partial charge in [-0.1, -0.05) is 23.7 Å². The van der Waals surface area contributed by atoms with Crippen molar-refractivity contribution in [1.29, 1.82) is 0 Å². The van der Waals surface area contributed by atoms with Crippen molar-refractivity contribution in [3.8, 4) is 0 Å². The first-order chi connectivity index (χ1) is 13.6. The Morgan fingerprint density at radius 2 is 1.89 bits per heavy atom. The third-order valence-electron chi connectivity index (χ3n) is 5.96. The van der Waals surface area contributed by atoms with E-state index in [1.807, 2.05) is 12.1 Å². The van der Waals surface area contributed by atoms with Gasteiger partial charge in [0.2, 0.25) is 5.95 Å². The van der Waals surface area contributed by atoms with Crippen LogP contribution in [0.3, 0.4) is 0 Å². The molecule has 3 N–H and O–H groups in total. The van der Waals surface area contributed by atoms with Crippen LogP contribution in [0.25, 0.3) is 0 Å². The molecule has 3 aliphatic rings. The van der Waals surface area contributed by atoms with E-state index in [1.54, 1.807) is 0 Å². The average molecular weight is 418 g/mol. The maximum Gasteiger partial charge on any atom is 0.227 e. The van der Waals surface area contributed by atoms with Crippen LogP contribution in [0.2, 0.25) is 5.02 Å². The molecular formula is C20H24ClN5OS. The highest BCUT2D eigenvalue weighted by Crippen LogP contribution is 2.35. The van der Waals surface area contributed by atoms with Crippen LogP contribution in [0.4, 0.5) is 11.8 Å². The maximum atomic E-state index is 12.4. The van der Waals surface area contributed by atoms with Crippen molar-refractivity contribution in [3.05, 3.63) is 40.5 Å². The molecule has 2 unspecified atom stereocenters. The Balaban J connectivity index is 1.34. The fourth-order valence-corrected chi connectivity index (χ4v) is 5.57. The van der Waals surface area contributed by atoms with E-state index in [-0.39, 0.29) is 12.1 Å². The lowest BCUT2D eigenvalue weighted by molar-refractivity contribution is 0.499. The van der Waals surface area contributed by atoms with Gasteiger partial charge >= 0.3 is 0 Å². The van der Waals surface area contributed by atoms with E-state index in [1.165, 1.54) is 5.56 Å². The molecule has 2 aromatic rings. The number of piperidine rings is 1. The van der Waals surface area contributed by atoms with Crippen LogP contribution in [-0.4, -0.2) is 45.1 Å². The molecule has 2 fully saturated rings. The van der Waals surface area contributed by atoms with Crippen molar-refractivity contribution in [2.24, 2.45) is 5.73 Å². The minimum atomic E-state index is -1.01. The maximum absolute atomic E-state index is 12.4. The number of hydrogen-bond acceptors (Lipinski definition) is 6. The van der Waals surface area contributed by atoms with Crippen LogP contribution in [0.15, 0.2) is 29.2 Å². The van der Waals surface area contributed by atoms with E-state index in [0.717, 1.165) is 66.2 Å². The molecule has 3 heterocycles. The number of nitrogens with zero attached hydrogens (tertiary/aromatic N) is 3. The molecule has 28 heavy (non-hydrogen) atoms. The Bertz CT molecular complexity index is 914. The Labute approximate surface area is 172 Å². The largest absolute Gasteiger partial charge is 0.365 e. The molecule has 0 bridgehead atoms. The lowest BCUT2D eigenvalue weighted by atomic mass is 9.89. The minimum Gasteiger partial charge on any atom is -0.365 e. The van der Waals surface area contributed by atoms with Gasteiger partial charge in [-0.2, -0.15) is 4.98 Å². The predicted molar refractivity (Wildman–Crippen MR) is 113 cm³/mol. The highest BCUT2D eigenvalue weighted by Gasteiger charge is 2.36. The van der Waals surface area contributed by atoms with Gasteiger partial charge in [-0.25, -0.2) is 4.98 Å². The molecule has 148 valence electrons. The zero-order valence-electron chi connectivity index (χ0n) is 15.6. The van der Waals surface area contributed by atoms with Gasteiger partial charge in [0.25, 0.3) is 0 Å². The summed E-state index contributed by atoms with van der Waals surface area (Å²) in [5.74, 6) is 2.66. The number of benzene rings is 1. The second-order valence-corrected chi connectivity index (χ2v) is 9.85. The molecule has 1 aromatic heterocycles. The van der Waals surface area contributed by atoms with Crippen molar-refractivity contribution >= 4 is 34.2 Å². The summed E-state index contributed by atoms with van der Waals surface area (Å²) in [7, 11) is -1.01. The summed E-state index contributed by atoms with van der Waals surface area (Å²) in [6.07, 6.45) is 3.81. The summed E-state index contributed by atoms with van der Waals surface area (Å²) in [5.41, 5.74) is 8.23. The second-order valence-electron chi connectivity index (χ2n) is 7.91. The first-order valence-electron chi connectivity index (χ1n) is 9.90. The van der Waals surface area contributed by atoms with Gasteiger partial charge in [0, 0.05) is 42.4 Å². The van der Waals surface area contributed by atoms with Crippen LogP contribution in [-0.2, 0) is 17.2 Å². The van der Waals surface area contributed by atoms with E-state index < -0.39 is 10.8 Å². The average Bonchev–Trinajstić information content (AvgIpc) is 3.26. The molecule has 1 saturated carbocycles. The van der Waals surface area contributed by atoms with E-state index in [0.29, 0.717) is 11.7 Å². The van der Waals surface area contributed by atoms with Crippen molar-refractivity contribution in [2.45, 2.75) is 48.6 Å². The molecular weight excluding hydrogens is 394 g/mol. The highest BCUT2D eigenvalue weighted by molar-refractivity contribution is 7.85. The quantitative estimate of drug-likeness (QED) is 0.795. The lowest BCUT2D eigenvalue weighted by Gasteiger charge is -2.32. The van der Waals surface area contributed by atoms with Gasteiger partial charge < -0.3 is 16.0 Å². The van der Waals surface area contributed by atoms with E-state index in [4.69, 9.17) is 27.3 Å². The Morgan fingerprint density at radius 1 is 1.18 bits per heavy atom. The summed E-state index contributed by atoms with van der Waals surface area (Å²) < 4.78 is 12.4. The molecule has 6 nitrogen and oxygen atoms in total. The van der Waals surface area contributed by atoms with E-state index >= 15 is 0 Å². The van der Waals surface area contributed by atoms with Crippen molar-refractivity contribution < 1.29 is 4.21 Å². The monoisotopic (exact) mass is 417 g/mol. The summed E-state index contributed by atoms with van der Waals surface area (Å²) in [6.45, 7) is 1.83. The molecule has 0 amide bonds. The third-order valence-corrected chi connectivity index (χ3v) is 7.67. The van der Waals surface area contributed by atoms with Crippen LogP contribution in [0, 0.1) is 0 Å². The smallest absolute Gasteiger partial charge is 0.227 e. The SMILES string of the molecule is NC1C[C@@H]1Nc1nc(N2CCC(c3ccc(Cl)cc3)CC2)nc2c1S(=O)CC2. The predicted octanol–water partition coefficient (Wildman–Crippen LogP) is 2.69. The number of halogens is 1. The molecule has 0 radical (unpaired) electrons. The van der Waals surface area contributed by atoms with Gasteiger partial charge in [-0.15, -0.1) is 0 Å². The number of nitrogens with one attached hydrogen (secondary N) is 1. The topological polar surface area (TPSA) is 84.1 Å². The Hall–Kier alpha value is -1.70. The standard InChI is InChI=1S/C20H24ClN5OS/c21-14-3-1-12(2-4-14)13-5-8-26(9-6-13)20-24-16-7-10-28(27)18(16)19(25-20)23-17-11-15(17)22/h1-4,13,15,17H,5-11,22H2,(H,23,24,25)/t15?,17-,28?/m0/s1. The van der Waals surface area contributed by atoms with E-state index in [2.05, 4.69) is 22.3 Å². The zero-order valence-corrected chi connectivity index (χ0v) is 17.2. The molecule has 2 aliphatic heterocycles. The number of aryl methyl sites for hydroxylation is 1. The summed E-state index contributed by atoms with van der Waals surface area (Å²) in [6, 6.07) is 8.59. The number of aromatic nitrogens is 2. The molecule has 1 aliphatic carbocycles. The fourth-order valence-electron chi connectivity index (χ4n) is 4.13. The van der Waals surface area contributed by atoms with Crippen molar-refractivity contribution in [3.63, 3.8) is 0 Å². The number of anilines is 2. The first kappa shape index (κ1) is 18.3. The fraction of sp³-hybridized carbons (Fsp3) is 0.500. The third kappa shape index (κ3) is 3.51. The number of nitrogens with two attached hydrogens (primary N) is 1. The lowest BCUT2D eigenvalue weighted by Crippen LogP contribution is -2.34. The van der Waals surface area contributed by atoms with Crippen LogP contribution in [0.5, 0.6) is 0 Å². The van der Waals surface area contributed by atoms with Gasteiger partial charge in [-0.05, 0) is 42.9 Å². The zero-order chi connectivity index (χ0) is 19.3. The number of fused-ring (bicyclic) bond motifs is 1. The molecule has 8 heteroatoms. The second kappa shape index (κ2) is 7.28. The van der Waals surface area contributed by atoms with Gasteiger partial charge in [0.15, 0.2) is 0 Å². The number of rotatable bonds is 4. The Morgan fingerprint density at radius 3 is 2.57 bits per heavy atom. The van der Waals surface area contributed by atoms with Crippen molar-refractivity contribution in [2.75, 3.05) is 29.1 Å². The molecule has 1 saturated heterocycles. The molecule has 0 spiro atoms. The van der Waals surface area contributed by atoms with E-state index in [9.17, 15) is 4.21 Å². The molecule has 3 atom stereocenters. The van der Waals surface area contributed by atoms with Gasteiger partial charge in [0.1, 0.15) is 10.7 Å². The van der Waals surface area contributed by atoms with Crippen molar-refractivity contribution in [1.82, 2.24) is 9.97 Å². The van der Waals surface area contributed by atoms with Crippen LogP contribution in [0.1, 0.15) is 36.4 Å². The minimum absolute atomic E-state index is 0.166. The molecule has 1 aromatic carbocycles.